The van der Waals surface area contributed by atoms with Crippen molar-refractivity contribution in [2.75, 3.05) is 0 Å². The van der Waals surface area contributed by atoms with Crippen LogP contribution in [0.2, 0.25) is 0 Å². The molecule has 0 saturated heterocycles. The number of hydrogen-bond donors (Lipinski definition) is 0. The van der Waals surface area contributed by atoms with Crippen molar-refractivity contribution in [3.63, 3.8) is 0 Å². The standard InChI is InChI=1S/C16H13NO3S.Rh/c1-13-6-8-16(9-7-13)21(19,20)17-11-10-14-4-2-3-5-15(14)12-18;/h2-9,11-12H,1H3;/b17-11+;. The monoisotopic (exact) mass is 402 g/mol. The van der Waals surface area contributed by atoms with Gasteiger partial charge < -0.3 is 0 Å². The molecule has 2 aromatic carbocycles. The van der Waals surface area contributed by atoms with Gasteiger partial charge in [0, 0.05) is 0 Å². The first kappa shape index (κ1) is 16.6. The van der Waals surface area contributed by atoms with E-state index in [0.717, 1.165) is 11.8 Å². The van der Waals surface area contributed by atoms with Crippen LogP contribution in [0.15, 0.2) is 57.8 Å². The number of benzene rings is 2. The summed E-state index contributed by atoms with van der Waals surface area (Å²) in [5.41, 5.74) is 2.06. The molecule has 0 atom stereocenters. The Morgan fingerprint density at radius 1 is 1.09 bits per heavy atom. The molecular weight excluding hydrogens is 389 g/mol. The predicted octanol–water partition coefficient (Wildman–Crippen LogP) is 2.33. The summed E-state index contributed by atoms with van der Waals surface area (Å²) in [5.74, 6) is 0. The first-order valence-electron chi connectivity index (χ1n) is 6.36. The molecule has 0 radical (unpaired) electrons. The van der Waals surface area contributed by atoms with E-state index in [1.54, 1.807) is 36.4 Å². The zero-order chi connectivity index (χ0) is 16.2. The Balaban J connectivity index is 2.29. The minimum atomic E-state index is -3.76. The number of hydrogen-bond acceptors (Lipinski definition) is 3. The number of carbonyl (C=O) groups excluding carboxylic acids is 1. The van der Waals surface area contributed by atoms with E-state index in [1.165, 1.54) is 18.3 Å². The molecule has 115 valence electrons. The third-order valence-corrected chi connectivity index (χ3v) is 4.85. The molecule has 0 aliphatic carbocycles. The number of rotatable bonds is 5. The van der Waals surface area contributed by atoms with Crippen LogP contribution in [0.1, 0.15) is 21.5 Å². The van der Waals surface area contributed by atoms with Crippen molar-refractivity contribution in [3.8, 4) is 0 Å². The van der Waals surface area contributed by atoms with Gasteiger partial charge in [0.05, 0.1) is 0 Å². The van der Waals surface area contributed by atoms with Crippen LogP contribution >= 0.6 is 0 Å². The summed E-state index contributed by atoms with van der Waals surface area (Å²) in [6.07, 6.45) is 1.95. The third-order valence-electron chi connectivity index (χ3n) is 2.95. The Labute approximate surface area is 139 Å². The topological polar surface area (TPSA) is 63.6 Å². The number of aldehydes is 1. The Bertz CT molecular complexity index is 840. The van der Waals surface area contributed by atoms with E-state index in [1.807, 2.05) is 6.92 Å². The van der Waals surface area contributed by atoms with Crippen LogP contribution in [0, 0.1) is 6.92 Å². The van der Waals surface area contributed by atoms with Crippen LogP contribution in [0.5, 0.6) is 0 Å². The SMILES string of the molecule is Cc1ccc(S(=O)(=O)/N=C/[C](=[Rh])c2ccccc2C=O)cc1. The van der Waals surface area contributed by atoms with Crippen LogP contribution in [0.3, 0.4) is 0 Å². The van der Waals surface area contributed by atoms with E-state index in [2.05, 4.69) is 22.2 Å². The average Bonchev–Trinajstić information content (AvgIpc) is 2.53. The van der Waals surface area contributed by atoms with E-state index in [-0.39, 0.29) is 4.90 Å². The van der Waals surface area contributed by atoms with Crippen molar-refractivity contribution in [1.29, 1.82) is 0 Å². The van der Waals surface area contributed by atoms with Gasteiger partial charge in [0.25, 0.3) is 0 Å². The first-order chi connectivity index (χ1) is 10.4. The summed E-state index contributed by atoms with van der Waals surface area (Å²) < 4.78 is 28.5. The molecule has 0 unspecified atom stereocenters. The fourth-order valence-electron chi connectivity index (χ4n) is 1.76. The van der Waals surface area contributed by atoms with Gasteiger partial charge in [0.15, 0.2) is 0 Å². The van der Waals surface area contributed by atoms with Gasteiger partial charge in [-0.2, -0.15) is 0 Å². The second-order valence-corrected chi connectivity index (χ2v) is 7.07. The molecule has 0 heterocycles. The quantitative estimate of drug-likeness (QED) is 0.438. The molecule has 0 amide bonds. The molecular formula is C16H13NO3RhS. The van der Waals surface area contributed by atoms with Gasteiger partial charge in [-0.05, 0) is 0 Å². The van der Waals surface area contributed by atoms with E-state index < -0.39 is 10.0 Å². The molecule has 0 fully saturated rings. The summed E-state index contributed by atoms with van der Waals surface area (Å²) in [5, 5.41) is 0. The predicted molar refractivity (Wildman–Crippen MR) is 82.8 cm³/mol. The molecule has 2 aromatic rings. The van der Waals surface area contributed by atoms with Crippen molar-refractivity contribution >= 4 is 26.6 Å². The summed E-state index contributed by atoms with van der Waals surface area (Å²) in [4.78, 5) is 11.1. The number of sulfonamides is 1. The fraction of sp³-hybridized carbons (Fsp3) is 0.0625. The molecule has 0 aromatic heterocycles. The number of carbonyl (C=O) groups is 1. The first-order valence-corrected chi connectivity index (χ1v) is 8.62. The Morgan fingerprint density at radius 3 is 2.36 bits per heavy atom. The summed E-state index contributed by atoms with van der Waals surface area (Å²) >= 11 is 2.62. The van der Waals surface area contributed by atoms with Gasteiger partial charge in [0.1, 0.15) is 0 Å². The number of aryl methyl sites for hydroxylation is 1. The zero-order valence-corrected chi connectivity index (χ0v) is 14.1. The van der Waals surface area contributed by atoms with E-state index in [9.17, 15) is 13.2 Å². The fourth-order valence-corrected chi connectivity index (χ4v) is 3.22. The van der Waals surface area contributed by atoms with E-state index >= 15 is 0 Å². The molecule has 0 saturated carbocycles. The second-order valence-electron chi connectivity index (χ2n) is 4.55. The molecule has 0 bridgehead atoms. The van der Waals surface area contributed by atoms with Gasteiger partial charge in [-0.1, -0.05) is 0 Å². The van der Waals surface area contributed by atoms with Crippen molar-refractivity contribution < 1.29 is 31.1 Å². The average molecular weight is 402 g/mol. The normalized spacial score (nSPS) is 11.5. The Kier molecular flexibility index (Phi) is 5.27. The maximum atomic E-state index is 12.1. The Hall–Kier alpha value is -1.78. The van der Waals surface area contributed by atoms with Gasteiger partial charge in [-0.25, -0.2) is 0 Å². The zero-order valence-electron chi connectivity index (χ0n) is 11.7. The van der Waals surface area contributed by atoms with E-state index in [0.29, 0.717) is 15.2 Å². The van der Waals surface area contributed by atoms with Crippen molar-refractivity contribution in [1.82, 2.24) is 0 Å². The summed E-state index contributed by atoms with van der Waals surface area (Å²) in [7, 11) is -3.76. The van der Waals surface area contributed by atoms with Crippen molar-refractivity contribution in [2.45, 2.75) is 11.8 Å². The van der Waals surface area contributed by atoms with Gasteiger partial charge in [-0.15, -0.1) is 0 Å². The van der Waals surface area contributed by atoms with Crippen LogP contribution < -0.4 is 0 Å². The molecule has 6 heteroatoms. The molecule has 0 N–H and O–H groups in total. The van der Waals surface area contributed by atoms with Crippen LogP contribution in [-0.4, -0.2) is 25.0 Å². The molecule has 4 nitrogen and oxygen atoms in total. The van der Waals surface area contributed by atoms with Crippen LogP contribution in [-0.2, 0) is 27.9 Å². The molecule has 2 rings (SSSR count). The second kappa shape index (κ2) is 6.99. The minimum absolute atomic E-state index is 0.132. The molecule has 0 aliphatic rings. The molecule has 0 spiro atoms. The van der Waals surface area contributed by atoms with Crippen LogP contribution in [0.4, 0.5) is 0 Å². The van der Waals surface area contributed by atoms with Gasteiger partial charge >= 0.3 is 139 Å². The molecule has 0 aliphatic heterocycles. The van der Waals surface area contributed by atoms with Gasteiger partial charge in [-0.3, -0.25) is 0 Å². The van der Waals surface area contributed by atoms with Crippen LogP contribution in [0.25, 0.3) is 0 Å². The summed E-state index contributed by atoms with van der Waals surface area (Å²) in [6, 6.07) is 13.4. The molecule has 22 heavy (non-hydrogen) atoms. The van der Waals surface area contributed by atoms with Crippen molar-refractivity contribution in [2.24, 2.45) is 4.40 Å². The van der Waals surface area contributed by atoms with Crippen molar-refractivity contribution in [3.05, 3.63) is 65.2 Å². The van der Waals surface area contributed by atoms with E-state index in [4.69, 9.17) is 0 Å². The Morgan fingerprint density at radius 2 is 1.73 bits per heavy atom. The maximum absolute atomic E-state index is 12.1. The third kappa shape index (κ3) is 3.90. The number of nitrogens with zero attached hydrogens (tertiary/aromatic N) is 1. The van der Waals surface area contributed by atoms with Gasteiger partial charge in [0.2, 0.25) is 0 Å². The summed E-state index contributed by atoms with van der Waals surface area (Å²) in [6.45, 7) is 1.88.